The highest BCUT2D eigenvalue weighted by atomic mass is 32.2. The SMILES string of the molecule is COc1ccc(COc2cc(CNc3cc(C4CC4)ccn3)cc(F)c2N2CC(=O)NS2=O)cc1. The molecule has 2 fully saturated rings. The maximum absolute atomic E-state index is 15.3. The lowest BCUT2D eigenvalue weighted by atomic mass is 10.1. The molecule has 8 nitrogen and oxygen atoms in total. The van der Waals surface area contributed by atoms with Crippen molar-refractivity contribution in [2.45, 2.75) is 31.9 Å². The molecule has 0 bridgehead atoms. The van der Waals surface area contributed by atoms with Gasteiger partial charge in [-0.25, -0.2) is 13.6 Å². The number of nitrogens with zero attached hydrogens (tertiary/aromatic N) is 2. The van der Waals surface area contributed by atoms with Crippen molar-refractivity contribution in [3.05, 3.63) is 77.2 Å². The Bertz CT molecular complexity index is 1270. The van der Waals surface area contributed by atoms with Crippen LogP contribution in [0.3, 0.4) is 0 Å². The zero-order chi connectivity index (χ0) is 24.4. The molecule has 1 saturated carbocycles. The molecular formula is C25H25FN4O4S. The fourth-order valence-corrected chi connectivity index (χ4v) is 4.85. The molecule has 2 aliphatic rings. The van der Waals surface area contributed by atoms with E-state index in [2.05, 4.69) is 15.0 Å². The van der Waals surface area contributed by atoms with E-state index in [9.17, 15) is 9.00 Å². The highest BCUT2D eigenvalue weighted by Gasteiger charge is 2.32. The van der Waals surface area contributed by atoms with Crippen molar-refractivity contribution in [1.29, 1.82) is 0 Å². The molecule has 1 aliphatic carbocycles. The molecule has 1 unspecified atom stereocenters. The smallest absolute Gasteiger partial charge is 0.253 e. The third-order valence-corrected chi connectivity index (χ3v) is 7.00. The number of pyridine rings is 1. The molecule has 1 saturated heterocycles. The van der Waals surface area contributed by atoms with Crippen molar-refractivity contribution in [2.75, 3.05) is 23.3 Å². The van der Waals surface area contributed by atoms with Crippen LogP contribution in [-0.4, -0.2) is 28.8 Å². The summed E-state index contributed by atoms with van der Waals surface area (Å²) in [5.41, 5.74) is 2.70. The van der Waals surface area contributed by atoms with E-state index in [1.54, 1.807) is 31.5 Å². The maximum Gasteiger partial charge on any atom is 0.253 e. The number of halogens is 1. The van der Waals surface area contributed by atoms with Gasteiger partial charge in [-0.1, -0.05) is 12.1 Å². The second-order valence-corrected chi connectivity index (χ2v) is 9.62. The molecule has 35 heavy (non-hydrogen) atoms. The van der Waals surface area contributed by atoms with Crippen molar-refractivity contribution in [1.82, 2.24) is 9.71 Å². The van der Waals surface area contributed by atoms with Crippen LogP contribution in [0.1, 0.15) is 35.4 Å². The summed E-state index contributed by atoms with van der Waals surface area (Å²) in [6, 6.07) is 14.4. The molecule has 1 aromatic heterocycles. The summed E-state index contributed by atoms with van der Waals surface area (Å²) in [5, 5.41) is 3.24. The van der Waals surface area contributed by atoms with E-state index < -0.39 is 22.9 Å². The van der Waals surface area contributed by atoms with Gasteiger partial charge in [-0.3, -0.25) is 13.8 Å². The van der Waals surface area contributed by atoms with Gasteiger partial charge in [-0.2, -0.15) is 0 Å². The average Bonchev–Trinajstić information content (AvgIpc) is 3.66. The van der Waals surface area contributed by atoms with Gasteiger partial charge in [0.1, 0.15) is 36.2 Å². The number of amides is 1. The van der Waals surface area contributed by atoms with Crippen LogP contribution < -0.4 is 23.8 Å². The van der Waals surface area contributed by atoms with Crippen molar-refractivity contribution < 1.29 is 22.9 Å². The van der Waals surface area contributed by atoms with Gasteiger partial charge in [-0.15, -0.1) is 0 Å². The van der Waals surface area contributed by atoms with Crippen molar-refractivity contribution in [3.63, 3.8) is 0 Å². The summed E-state index contributed by atoms with van der Waals surface area (Å²) in [6.45, 7) is 0.246. The minimum absolute atomic E-state index is 0.0206. The normalized spacial score (nSPS) is 17.3. The Morgan fingerprint density at radius 2 is 1.97 bits per heavy atom. The van der Waals surface area contributed by atoms with Crippen LogP contribution in [0, 0.1) is 5.82 Å². The van der Waals surface area contributed by atoms with E-state index in [0.29, 0.717) is 23.8 Å². The predicted octanol–water partition coefficient (Wildman–Crippen LogP) is 3.81. The molecule has 5 rings (SSSR count). The van der Waals surface area contributed by atoms with Gasteiger partial charge in [0.2, 0.25) is 11.2 Å². The Balaban J connectivity index is 1.38. The third kappa shape index (κ3) is 5.37. The van der Waals surface area contributed by atoms with Crippen LogP contribution in [0.2, 0.25) is 0 Å². The first-order chi connectivity index (χ1) is 17.0. The number of nitrogens with one attached hydrogen (secondary N) is 2. The molecular weight excluding hydrogens is 471 g/mol. The van der Waals surface area contributed by atoms with Crippen LogP contribution in [0.5, 0.6) is 11.5 Å². The van der Waals surface area contributed by atoms with E-state index in [1.807, 2.05) is 24.3 Å². The van der Waals surface area contributed by atoms with Crippen molar-refractivity contribution in [3.8, 4) is 11.5 Å². The Kier molecular flexibility index (Phi) is 6.54. The van der Waals surface area contributed by atoms with Crippen molar-refractivity contribution in [2.24, 2.45) is 0 Å². The molecule has 2 heterocycles. The number of carbonyl (C=O) groups excluding carboxylic acids is 1. The first kappa shape index (κ1) is 23.1. The molecule has 2 aromatic carbocycles. The van der Waals surface area contributed by atoms with Gasteiger partial charge in [0, 0.05) is 12.7 Å². The fourth-order valence-electron chi connectivity index (χ4n) is 3.91. The molecule has 0 radical (unpaired) electrons. The Labute approximate surface area is 205 Å². The number of hydrogen-bond donors (Lipinski definition) is 2. The Morgan fingerprint density at radius 1 is 1.17 bits per heavy atom. The monoisotopic (exact) mass is 496 g/mol. The minimum Gasteiger partial charge on any atom is -0.497 e. The van der Waals surface area contributed by atoms with E-state index in [-0.39, 0.29) is 24.6 Å². The van der Waals surface area contributed by atoms with E-state index in [1.165, 1.54) is 28.8 Å². The van der Waals surface area contributed by atoms with Gasteiger partial charge in [0.05, 0.1) is 7.11 Å². The summed E-state index contributed by atoms with van der Waals surface area (Å²) < 4.78 is 42.3. The molecule has 0 spiro atoms. The molecule has 10 heteroatoms. The van der Waals surface area contributed by atoms with Crippen LogP contribution in [0.25, 0.3) is 0 Å². The van der Waals surface area contributed by atoms with Crippen molar-refractivity contribution >= 4 is 28.6 Å². The number of benzene rings is 2. The summed E-state index contributed by atoms with van der Waals surface area (Å²) in [5.74, 6) is 1.16. The molecule has 1 atom stereocenters. The maximum atomic E-state index is 15.3. The third-order valence-electron chi connectivity index (χ3n) is 5.89. The Hall–Kier alpha value is -3.66. The molecule has 2 N–H and O–H groups in total. The number of aromatic nitrogens is 1. The number of ether oxygens (including phenoxy) is 2. The number of carbonyl (C=O) groups is 1. The standard InChI is InChI=1S/C25H25FN4O4S/c1-33-20-6-2-16(3-7-20)15-34-22-11-17(10-21(26)25(22)30-14-24(31)29-35(30)32)13-28-23-12-19(8-9-27-23)18-4-5-18/h2-3,6-12,18H,4-5,13-15H2,1H3,(H,27,28)(H,29,31). The lowest BCUT2D eigenvalue weighted by Gasteiger charge is -2.20. The van der Waals surface area contributed by atoms with Gasteiger partial charge in [0.15, 0.2) is 5.82 Å². The van der Waals surface area contributed by atoms with Crippen LogP contribution in [0.4, 0.5) is 15.9 Å². The van der Waals surface area contributed by atoms with Gasteiger partial charge in [-0.05, 0) is 71.8 Å². The number of rotatable bonds is 9. The number of anilines is 2. The first-order valence-corrected chi connectivity index (χ1v) is 12.4. The molecule has 1 aliphatic heterocycles. The molecule has 1 amide bonds. The summed E-state index contributed by atoms with van der Waals surface area (Å²) >= 11 is -1.88. The minimum atomic E-state index is -1.88. The van der Waals surface area contributed by atoms with E-state index >= 15 is 4.39 Å². The van der Waals surface area contributed by atoms with E-state index in [0.717, 1.165) is 11.4 Å². The Morgan fingerprint density at radius 3 is 2.66 bits per heavy atom. The zero-order valence-corrected chi connectivity index (χ0v) is 19.9. The summed E-state index contributed by atoms with van der Waals surface area (Å²) in [4.78, 5) is 16.1. The predicted molar refractivity (Wildman–Crippen MR) is 131 cm³/mol. The zero-order valence-electron chi connectivity index (χ0n) is 19.1. The van der Waals surface area contributed by atoms with Gasteiger partial charge < -0.3 is 14.8 Å². The highest BCUT2D eigenvalue weighted by molar-refractivity contribution is 7.85. The van der Waals surface area contributed by atoms with Gasteiger partial charge >= 0.3 is 0 Å². The molecule has 182 valence electrons. The largest absolute Gasteiger partial charge is 0.497 e. The van der Waals surface area contributed by atoms with Gasteiger partial charge in [0.25, 0.3) is 5.91 Å². The second kappa shape index (κ2) is 9.91. The van der Waals surface area contributed by atoms with Crippen LogP contribution in [-0.2, 0) is 29.1 Å². The van der Waals surface area contributed by atoms with E-state index in [4.69, 9.17) is 9.47 Å². The summed E-state index contributed by atoms with van der Waals surface area (Å²) in [6.07, 6.45) is 4.16. The van der Waals surface area contributed by atoms with Crippen LogP contribution in [0.15, 0.2) is 54.7 Å². The summed E-state index contributed by atoms with van der Waals surface area (Å²) in [7, 11) is 1.59. The molecule has 3 aromatic rings. The fraction of sp³-hybridized carbons (Fsp3) is 0.280. The quantitative estimate of drug-likeness (QED) is 0.468. The number of methoxy groups -OCH3 is 1. The highest BCUT2D eigenvalue weighted by Crippen LogP contribution is 2.40. The van der Waals surface area contributed by atoms with Crippen LogP contribution >= 0.6 is 0 Å². The topological polar surface area (TPSA) is 92.8 Å². The lowest BCUT2D eigenvalue weighted by molar-refractivity contribution is -0.117. The second-order valence-electron chi connectivity index (χ2n) is 8.47. The first-order valence-electron chi connectivity index (χ1n) is 11.3. The lowest BCUT2D eigenvalue weighted by Crippen LogP contribution is -2.24. The number of hydrogen-bond acceptors (Lipinski definition) is 6. The average molecular weight is 497 g/mol.